The number of piperidine rings is 1. The molecule has 0 saturated carbocycles. The van der Waals surface area contributed by atoms with Gasteiger partial charge in [-0.15, -0.1) is 0 Å². The number of hydrogen-bond acceptors (Lipinski definition) is 8. The van der Waals surface area contributed by atoms with E-state index in [1.54, 1.807) is 11.8 Å². The van der Waals surface area contributed by atoms with Crippen LogP contribution in [0.1, 0.15) is 44.0 Å². The molecular weight excluding hydrogens is 464 g/mol. The van der Waals surface area contributed by atoms with Gasteiger partial charge in [-0.25, -0.2) is 13.2 Å². The lowest BCUT2D eigenvalue weighted by molar-refractivity contribution is -0.160. The maximum Gasteiger partial charge on any atom is 0.338 e. The topological polar surface area (TPSA) is 120 Å². The fourth-order valence-corrected chi connectivity index (χ4v) is 5.65. The molecule has 10 nitrogen and oxygen atoms in total. The molecule has 2 atom stereocenters. The second kappa shape index (κ2) is 11.3. The third-order valence-electron chi connectivity index (χ3n) is 5.90. The largest absolute Gasteiger partial charge is 0.462 e. The molecule has 0 spiro atoms. The summed E-state index contributed by atoms with van der Waals surface area (Å²) in [7, 11) is -3.76. The molecule has 1 amide bonds. The average Bonchev–Trinajstić information content (AvgIpc) is 2.82. The SMILES string of the molecule is CCOC(=O)c1ccc(S(=O)(=O)N2CCC(C(=O)OCC(=O)N3CC(C)OC(C)C3)CC2)cc1. The minimum atomic E-state index is -3.76. The lowest BCUT2D eigenvalue weighted by atomic mass is 9.98. The second-order valence-corrected chi connectivity index (χ2v) is 10.5. The molecule has 188 valence electrons. The van der Waals surface area contributed by atoms with Gasteiger partial charge in [-0.2, -0.15) is 4.31 Å². The number of carbonyl (C=O) groups is 3. The first-order valence-electron chi connectivity index (χ1n) is 11.5. The number of sulfonamides is 1. The summed E-state index contributed by atoms with van der Waals surface area (Å²) in [6.45, 7) is 6.60. The van der Waals surface area contributed by atoms with Crippen LogP contribution in [0, 0.1) is 5.92 Å². The summed E-state index contributed by atoms with van der Waals surface area (Å²) in [5, 5.41) is 0. The normalized spacial score (nSPS) is 22.3. The van der Waals surface area contributed by atoms with E-state index in [9.17, 15) is 22.8 Å². The Labute approximate surface area is 200 Å². The first-order chi connectivity index (χ1) is 16.1. The molecular formula is C23H32N2O8S. The number of nitrogens with zero attached hydrogens (tertiary/aromatic N) is 2. The lowest BCUT2D eigenvalue weighted by Gasteiger charge is -2.35. The number of esters is 2. The molecule has 0 aliphatic carbocycles. The third-order valence-corrected chi connectivity index (χ3v) is 7.81. The van der Waals surface area contributed by atoms with Crippen molar-refractivity contribution in [1.82, 2.24) is 9.21 Å². The Bertz CT molecular complexity index is 977. The van der Waals surface area contributed by atoms with Crippen LogP contribution in [0.15, 0.2) is 29.2 Å². The van der Waals surface area contributed by atoms with Crippen molar-refractivity contribution in [2.45, 2.75) is 50.7 Å². The van der Waals surface area contributed by atoms with E-state index in [1.807, 2.05) is 13.8 Å². The van der Waals surface area contributed by atoms with Crippen molar-refractivity contribution in [3.63, 3.8) is 0 Å². The number of hydrogen-bond donors (Lipinski definition) is 0. The minimum Gasteiger partial charge on any atom is -0.462 e. The highest BCUT2D eigenvalue weighted by Crippen LogP contribution is 2.25. The Morgan fingerprint density at radius 1 is 1.00 bits per heavy atom. The summed E-state index contributed by atoms with van der Waals surface area (Å²) in [6.07, 6.45) is 0.462. The zero-order chi connectivity index (χ0) is 24.9. The van der Waals surface area contributed by atoms with E-state index in [-0.39, 0.29) is 54.9 Å². The molecule has 2 aliphatic rings. The fraction of sp³-hybridized carbons (Fsp3) is 0.609. The van der Waals surface area contributed by atoms with Crippen molar-refractivity contribution in [3.05, 3.63) is 29.8 Å². The number of carbonyl (C=O) groups excluding carboxylic acids is 3. The second-order valence-electron chi connectivity index (χ2n) is 8.59. The van der Waals surface area contributed by atoms with Crippen LogP contribution in [-0.2, 0) is 33.8 Å². The predicted molar refractivity (Wildman–Crippen MR) is 121 cm³/mol. The first-order valence-corrected chi connectivity index (χ1v) is 12.9. The van der Waals surface area contributed by atoms with E-state index in [2.05, 4.69) is 0 Å². The van der Waals surface area contributed by atoms with Crippen LogP contribution < -0.4 is 0 Å². The highest BCUT2D eigenvalue weighted by atomic mass is 32.2. The van der Waals surface area contributed by atoms with Gasteiger partial charge in [-0.1, -0.05) is 0 Å². The van der Waals surface area contributed by atoms with E-state index in [1.165, 1.54) is 28.6 Å². The Morgan fingerprint density at radius 3 is 2.15 bits per heavy atom. The standard InChI is InChI=1S/C23H32N2O8S/c1-4-31-22(27)18-5-7-20(8-6-18)34(29,30)25-11-9-19(10-12-25)23(28)32-15-21(26)24-13-16(2)33-17(3)14-24/h5-8,16-17,19H,4,9-15H2,1-3H3. The van der Waals surface area contributed by atoms with Crippen LogP contribution in [0.25, 0.3) is 0 Å². The van der Waals surface area contributed by atoms with Crippen molar-refractivity contribution >= 4 is 27.9 Å². The third kappa shape index (κ3) is 6.34. The molecule has 1 aromatic rings. The number of ether oxygens (including phenoxy) is 3. The van der Waals surface area contributed by atoms with Gasteiger partial charge in [0.15, 0.2) is 6.61 Å². The maximum absolute atomic E-state index is 12.9. The van der Waals surface area contributed by atoms with Crippen molar-refractivity contribution in [3.8, 4) is 0 Å². The van der Waals surface area contributed by atoms with Gasteiger partial charge in [0.25, 0.3) is 5.91 Å². The van der Waals surface area contributed by atoms with Crippen LogP contribution in [-0.4, -0.2) is 87.1 Å². The number of rotatable bonds is 7. The van der Waals surface area contributed by atoms with Crippen LogP contribution in [0.4, 0.5) is 0 Å². The molecule has 0 radical (unpaired) electrons. The summed E-state index contributed by atoms with van der Waals surface area (Å²) in [5.41, 5.74) is 0.276. The van der Waals surface area contributed by atoms with Crippen molar-refractivity contribution < 1.29 is 37.0 Å². The van der Waals surface area contributed by atoms with Crippen LogP contribution in [0.5, 0.6) is 0 Å². The van der Waals surface area contributed by atoms with Crippen LogP contribution in [0.2, 0.25) is 0 Å². The predicted octanol–water partition coefficient (Wildman–Crippen LogP) is 1.44. The molecule has 2 aliphatic heterocycles. The average molecular weight is 497 g/mol. The monoisotopic (exact) mass is 496 g/mol. The summed E-state index contributed by atoms with van der Waals surface area (Å²) >= 11 is 0. The van der Waals surface area contributed by atoms with Crippen LogP contribution in [0.3, 0.4) is 0 Å². The molecule has 2 unspecified atom stereocenters. The van der Waals surface area contributed by atoms with Gasteiger partial charge in [-0.3, -0.25) is 9.59 Å². The van der Waals surface area contributed by atoms with Crippen LogP contribution >= 0.6 is 0 Å². The highest BCUT2D eigenvalue weighted by Gasteiger charge is 2.34. The van der Waals surface area contributed by atoms with Gasteiger partial charge in [0, 0.05) is 26.2 Å². The molecule has 11 heteroatoms. The molecule has 3 rings (SSSR count). The molecule has 0 N–H and O–H groups in total. The van der Waals surface area contributed by atoms with Gasteiger partial charge in [0.05, 0.1) is 35.2 Å². The Balaban J connectivity index is 1.49. The maximum atomic E-state index is 12.9. The first kappa shape index (κ1) is 26.1. The van der Waals surface area contributed by atoms with Crippen molar-refractivity contribution in [2.75, 3.05) is 39.4 Å². The van der Waals surface area contributed by atoms with Gasteiger partial charge >= 0.3 is 11.9 Å². The Morgan fingerprint density at radius 2 is 1.59 bits per heavy atom. The minimum absolute atomic E-state index is 0.0705. The lowest BCUT2D eigenvalue weighted by Crippen LogP contribution is -2.49. The van der Waals surface area contributed by atoms with E-state index >= 15 is 0 Å². The Kier molecular flexibility index (Phi) is 8.67. The van der Waals surface area contributed by atoms with Gasteiger partial charge in [0.2, 0.25) is 10.0 Å². The summed E-state index contributed by atoms with van der Waals surface area (Å²) in [5.74, 6) is -1.73. The number of benzene rings is 1. The molecule has 34 heavy (non-hydrogen) atoms. The quantitative estimate of drug-likeness (QED) is 0.520. The highest BCUT2D eigenvalue weighted by molar-refractivity contribution is 7.89. The van der Waals surface area contributed by atoms with Crippen molar-refractivity contribution in [2.24, 2.45) is 5.92 Å². The summed E-state index contributed by atoms with van der Waals surface area (Å²) in [6, 6.07) is 5.59. The fourth-order valence-electron chi connectivity index (χ4n) is 4.18. The molecule has 2 fully saturated rings. The van der Waals surface area contributed by atoms with Gasteiger partial charge < -0.3 is 19.1 Å². The molecule has 0 aromatic heterocycles. The van der Waals surface area contributed by atoms with E-state index in [4.69, 9.17) is 14.2 Å². The van der Waals surface area contributed by atoms with Gasteiger partial charge in [-0.05, 0) is 57.9 Å². The summed E-state index contributed by atoms with van der Waals surface area (Å²) < 4.78 is 43.0. The number of morpholine rings is 1. The zero-order valence-electron chi connectivity index (χ0n) is 19.8. The van der Waals surface area contributed by atoms with E-state index in [0.717, 1.165) is 0 Å². The Hall–Kier alpha value is -2.50. The molecule has 2 saturated heterocycles. The van der Waals surface area contributed by atoms with E-state index < -0.39 is 27.9 Å². The molecule has 0 bridgehead atoms. The molecule has 2 heterocycles. The van der Waals surface area contributed by atoms with Gasteiger partial charge in [0.1, 0.15) is 0 Å². The van der Waals surface area contributed by atoms with E-state index in [0.29, 0.717) is 25.9 Å². The number of amides is 1. The smallest absolute Gasteiger partial charge is 0.338 e. The zero-order valence-corrected chi connectivity index (χ0v) is 20.6. The summed E-state index contributed by atoms with van der Waals surface area (Å²) in [4.78, 5) is 38.3. The van der Waals surface area contributed by atoms with Crippen molar-refractivity contribution in [1.29, 1.82) is 0 Å². The molecule has 1 aromatic carbocycles.